The Labute approximate surface area is 121 Å². The van der Waals surface area contributed by atoms with Gasteiger partial charge in [-0.05, 0) is 12.8 Å². The molecule has 1 aliphatic rings. The second kappa shape index (κ2) is 5.67. The van der Waals surface area contributed by atoms with Crippen LogP contribution in [-0.4, -0.2) is 24.3 Å². The van der Waals surface area contributed by atoms with E-state index >= 15 is 0 Å². The molecule has 0 amide bonds. The van der Waals surface area contributed by atoms with Crippen LogP contribution in [0.2, 0.25) is 0 Å². The number of rotatable bonds is 3. The number of nitrogens with zero attached hydrogens (tertiary/aromatic N) is 4. The summed E-state index contributed by atoms with van der Waals surface area (Å²) in [6.45, 7) is 0. The standard InChI is InChI=1S/C14H19N5O2/c1-18-13(20)10(8-15-14(18)21)7-12-16-9-17-19(12)11-5-3-2-4-6-11/h8-9,11H,2-7H2,1H3,(H,15,21). The quantitative estimate of drug-likeness (QED) is 0.904. The molecule has 2 aromatic rings. The van der Waals surface area contributed by atoms with E-state index in [4.69, 9.17) is 0 Å². The van der Waals surface area contributed by atoms with Crippen molar-refractivity contribution in [3.8, 4) is 0 Å². The molecule has 0 unspecified atom stereocenters. The van der Waals surface area contributed by atoms with Gasteiger partial charge in [0.05, 0.1) is 6.04 Å². The van der Waals surface area contributed by atoms with E-state index < -0.39 is 5.69 Å². The zero-order chi connectivity index (χ0) is 14.8. The summed E-state index contributed by atoms with van der Waals surface area (Å²) in [5.74, 6) is 0.783. The van der Waals surface area contributed by atoms with Crippen LogP contribution in [0.15, 0.2) is 22.1 Å². The summed E-state index contributed by atoms with van der Waals surface area (Å²) >= 11 is 0. The third-order valence-corrected chi connectivity index (χ3v) is 4.17. The van der Waals surface area contributed by atoms with Crippen molar-refractivity contribution in [2.45, 2.75) is 44.6 Å². The third-order valence-electron chi connectivity index (χ3n) is 4.17. The summed E-state index contributed by atoms with van der Waals surface area (Å²) in [7, 11) is 1.47. The van der Waals surface area contributed by atoms with Gasteiger partial charge in [-0.2, -0.15) is 5.10 Å². The van der Waals surface area contributed by atoms with Gasteiger partial charge < -0.3 is 4.98 Å². The number of hydrogen-bond donors (Lipinski definition) is 1. The summed E-state index contributed by atoms with van der Waals surface area (Å²) in [5, 5.41) is 4.33. The van der Waals surface area contributed by atoms with E-state index in [-0.39, 0.29) is 5.56 Å². The fourth-order valence-electron chi connectivity index (χ4n) is 2.94. The lowest BCUT2D eigenvalue weighted by atomic mass is 9.95. The van der Waals surface area contributed by atoms with Gasteiger partial charge in [-0.1, -0.05) is 19.3 Å². The highest BCUT2D eigenvalue weighted by atomic mass is 16.2. The topological polar surface area (TPSA) is 85.6 Å². The Kier molecular flexibility index (Phi) is 3.72. The maximum absolute atomic E-state index is 12.1. The van der Waals surface area contributed by atoms with Gasteiger partial charge >= 0.3 is 5.69 Å². The van der Waals surface area contributed by atoms with Gasteiger partial charge in [-0.15, -0.1) is 0 Å². The smallest absolute Gasteiger partial charge is 0.314 e. The summed E-state index contributed by atoms with van der Waals surface area (Å²) in [5.41, 5.74) is -0.156. The van der Waals surface area contributed by atoms with Crippen LogP contribution in [0.5, 0.6) is 0 Å². The van der Waals surface area contributed by atoms with Crippen molar-refractivity contribution in [2.24, 2.45) is 7.05 Å². The summed E-state index contributed by atoms with van der Waals surface area (Å²) in [6, 6.07) is 0.378. The Morgan fingerprint density at radius 2 is 2.05 bits per heavy atom. The first kappa shape index (κ1) is 13.8. The zero-order valence-corrected chi connectivity index (χ0v) is 12.1. The molecule has 0 spiro atoms. The minimum Gasteiger partial charge on any atom is -0.314 e. The molecule has 1 saturated carbocycles. The first-order valence-electron chi connectivity index (χ1n) is 7.33. The number of nitrogens with one attached hydrogen (secondary N) is 1. The van der Waals surface area contributed by atoms with Gasteiger partial charge in [0.25, 0.3) is 5.56 Å². The Hall–Kier alpha value is -2.18. The lowest BCUT2D eigenvalue weighted by Crippen LogP contribution is -2.34. The highest BCUT2D eigenvalue weighted by Crippen LogP contribution is 2.28. The third kappa shape index (κ3) is 2.68. The van der Waals surface area contributed by atoms with Gasteiger partial charge in [0.2, 0.25) is 0 Å². The Bertz CT molecular complexity index is 736. The van der Waals surface area contributed by atoms with Crippen LogP contribution >= 0.6 is 0 Å². The minimum absolute atomic E-state index is 0.281. The Morgan fingerprint density at radius 1 is 1.29 bits per heavy atom. The second-order valence-electron chi connectivity index (χ2n) is 5.57. The highest BCUT2D eigenvalue weighted by Gasteiger charge is 2.20. The summed E-state index contributed by atoms with van der Waals surface area (Å²) in [4.78, 5) is 30.3. The minimum atomic E-state index is -0.405. The lowest BCUT2D eigenvalue weighted by Gasteiger charge is -2.23. The lowest BCUT2D eigenvalue weighted by molar-refractivity contribution is 0.322. The number of aromatic nitrogens is 5. The first-order valence-corrected chi connectivity index (χ1v) is 7.33. The highest BCUT2D eigenvalue weighted by molar-refractivity contribution is 5.11. The predicted octanol–water partition coefficient (Wildman–Crippen LogP) is 0.761. The van der Waals surface area contributed by atoms with E-state index in [2.05, 4.69) is 15.1 Å². The monoisotopic (exact) mass is 289 g/mol. The van der Waals surface area contributed by atoms with Gasteiger partial charge in [0.15, 0.2) is 0 Å². The maximum Gasteiger partial charge on any atom is 0.328 e. The number of aromatic amines is 1. The first-order chi connectivity index (χ1) is 10.2. The van der Waals surface area contributed by atoms with Gasteiger partial charge in [0.1, 0.15) is 12.2 Å². The SMILES string of the molecule is Cn1c(=O)[nH]cc(Cc2ncnn2C2CCCCC2)c1=O. The molecule has 0 aromatic carbocycles. The van der Waals surface area contributed by atoms with Crippen LogP contribution in [0, 0.1) is 0 Å². The van der Waals surface area contributed by atoms with Crippen molar-refractivity contribution in [3.05, 3.63) is 44.8 Å². The molecule has 2 heterocycles. The summed E-state index contributed by atoms with van der Waals surface area (Å²) in [6.07, 6.45) is 9.33. The maximum atomic E-state index is 12.1. The van der Waals surface area contributed by atoms with Crippen LogP contribution in [0.4, 0.5) is 0 Å². The summed E-state index contributed by atoms with van der Waals surface area (Å²) < 4.78 is 3.03. The molecule has 0 radical (unpaired) electrons. The second-order valence-corrected chi connectivity index (χ2v) is 5.57. The van der Waals surface area contributed by atoms with Crippen molar-refractivity contribution in [1.82, 2.24) is 24.3 Å². The average Bonchev–Trinajstić information content (AvgIpc) is 2.97. The molecule has 0 bridgehead atoms. The average molecular weight is 289 g/mol. The van der Waals surface area contributed by atoms with Crippen LogP contribution < -0.4 is 11.2 Å². The van der Waals surface area contributed by atoms with Crippen molar-refractivity contribution < 1.29 is 0 Å². The van der Waals surface area contributed by atoms with Gasteiger partial charge in [-0.25, -0.2) is 14.5 Å². The van der Waals surface area contributed by atoms with Crippen LogP contribution in [0.3, 0.4) is 0 Å². The van der Waals surface area contributed by atoms with Gasteiger partial charge in [-0.3, -0.25) is 9.36 Å². The molecule has 1 aliphatic carbocycles. The molecular weight excluding hydrogens is 270 g/mol. The van der Waals surface area contributed by atoms with E-state index in [1.165, 1.54) is 32.5 Å². The molecule has 2 aromatic heterocycles. The molecule has 0 atom stereocenters. The van der Waals surface area contributed by atoms with E-state index in [9.17, 15) is 9.59 Å². The molecule has 7 heteroatoms. The fourth-order valence-corrected chi connectivity index (χ4v) is 2.94. The number of H-pyrrole nitrogens is 1. The Morgan fingerprint density at radius 3 is 2.81 bits per heavy atom. The van der Waals surface area contributed by atoms with E-state index in [1.54, 1.807) is 6.33 Å². The van der Waals surface area contributed by atoms with E-state index in [0.717, 1.165) is 23.2 Å². The van der Waals surface area contributed by atoms with E-state index in [1.807, 2.05) is 4.68 Å². The van der Waals surface area contributed by atoms with Crippen LogP contribution in [0.25, 0.3) is 0 Å². The predicted molar refractivity (Wildman–Crippen MR) is 77.3 cm³/mol. The normalized spacial score (nSPS) is 16.2. The zero-order valence-electron chi connectivity index (χ0n) is 12.1. The molecule has 0 saturated heterocycles. The molecule has 0 aliphatic heterocycles. The number of hydrogen-bond acceptors (Lipinski definition) is 4. The largest absolute Gasteiger partial charge is 0.328 e. The van der Waals surface area contributed by atoms with Crippen molar-refractivity contribution in [2.75, 3.05) is 0 Å². The fraction of sp³-hybridized carbons (Fsp3) is 0.571. The Balaban J connectivity index is 1.89. The van der Waals surface area contributed by atoms with Crippen LogP contribution in [0.1, 0.15) is 49.5 Å². The molecule has 21 heavy (non-hydrogen) atoms. The van der Waals surface area contributed by atoms with Gasteiger partial charge in [0, 0.05) is 25.2 Å². The van der Waals surface area contributed by atoms with Crippen molar-refractivity contribution >= 4 is 0 Å². The molecular formula is C14H19N5O2. The van der Waals surface area contributed by atoms with Crippen molar-refractivity contribution in [1.29, 1.82) is 0 Å². The van der Waals surface area contributed by atoms with Crippen LogP contribution in [-0.2, 0) is 13.5 Å². The molecule has 1 N–H and O–H groups in total. The molecule has 7 nitrogen and oxygen atoms in total. The molecule has 1 fully saturated rings. The van der Waals surface area contributed by atoms with E-state index in [0.29, 0.717) is 18.0 Å². The molecule has 3 rings (SSSR count). The molecule has 112 valence electrons. The van der Waals surface area contributed by atoms with Crippen molar-refractivity contribution in [3.63, 3.8) is 0 Å².